The average Bonchev–Trinajstić information content (AvgIpc) is 2.75. The number of hydrogen-bond acceptors (Lipinski definition) is 4. The van der Waals surface area contributed by atoms with Gasteiger partial charge in [-0.1, -0.05) is 0 Å². The van der Waals surface area contributed by atoms with Gasteiger partial charge >= 0.3 is 0 Å². The summed E-state index contributed by atoms with van der Waals surface area (Å²) in [6.07, 6.45) is 2.69. The summed E-state index contributed by atoms with van der Waals surface area (Å²) in [5, 5.41) is 7.26. The first-order valence-electron chi connectivity index (χ1n) is 7.57. The maximum atomic E-state index is 5.96. The third-order valence-corrected chi connectivity index (χ3v) is 3.78. The molecule has 3 N–H and O–H groups in total. The highest BCUT2D eigenvalue weighted by atomic mass is 127. The first kappa shape index (κ1) is 18.4. The molecule has 3 rings (SSSR count). The van der Waals surface area contributed by atoms with Gasteiger partial charge in [-0.25, -0.2) is 4.99 Å². The number of nitrogens with zero attached hydrogens (tertiary/aromatic N) is 3. The summed E-state index contributed by atoms with van der Waals surface area (Å²) in [7, 11) is 1.90. The molecule has 0 atom stereocenters. The Morgan fingerprint density at radius 1 is 1.33 bits per heavy atom. The van der Waals surface area contributed by atoms with Gasteiger partial charge in [0.2, 0.25) is 0 Å². The number of fused-ring (bicyclic) bond motifs is 1. The van der Waals surface area contributed by atoms with Gasteiger partial charge in [-0.15, -0.1) is 24.0 Å². The molecule has 0 spiro atoms. The van der Waals surface area contributed by atoms with E-state index in [1.54, 1.807) is 6.20 Å². The first-order valence-corrected chi connectivity index (χ1v) is 7.57. The number of guanidine groups is 1. The Labute approximate surface area is 158 Å². The van der Waals surface area contributed by atoms with Gasteiger partial charge in [0.25, 0.3) is 0 Å². The number of ether oxygens (including phenoxy) is 2. The number of aromatic nitrogens is 2. The van der Waals surface area contributed by atoms with E-state index in [0.29, 0.717) is 25.7 Å². The lowest BCUT2D eigenvalue weighted by atomic mass is 10.2. The molecule has 1 aromatic carbocycles. The maximum absolute atomic E-state index is 5.96. The maximum Gasteiger partial charge on any atom is 0.193 e. The Kier molecular flexibility index (Phi) is 6.29. The number of aryl methyl sites for hydroxylation is 1. The highest BCUT2D eigenvalue weighted by Crippen LogP contribution is 2.32. The summed E-state index contributed by atoms with van der Waals surface area (Å²) in [6, 6.07) is 5.64. The van der Waals surface area contributed by atoms with E-state index < -0.39 is 0 Å². The largest absolute Gasteiger partial charge is 0.490 e. The van der Waals surface area contributed by atoms with Crippen LogP contribution in [0.2, 0.25) is 0 Å². The molecule has 7 nitrogen and oxygen atoms in total. The Hall–Kier alpha value is -1.97. The van der Waals surface area contributed by atoms with Crippen molar-refractivity contribution in [2.45, 2.75) is 19.9 Å². The van der Waals surface area contributed by atoms with Gasteiger partial charge in [0.05, 0.1) is 26.0 Å². The van der Waals surface area contributed by atoms with Crippen LogP contribution in [-0.4, -0.2) is 29.0 Å². The van der Waals surface area contributed by atoms with Crippen LogP contribution >= 0.6 is 24.0 Å². The zero-order chi connectivity index (χ0) is 16.2. The average molecular weight is 443 g/mol. The predicted octanol–water partition coefficient (Wildman–Crippen LogP) is 2.43. The quantitative estimate of drug-likeness (QED) is 0.433. The van der Waals surface area contributed by atoms with E-state index in [0.717, 1.165) is 34.9 Å². The van der Waals surface area contributed by atoms with E-state index in [2.05, 4.69) is 15.4 Å². The van der Waals surface area contributed by atoms with E-state index >= 15 is 0 Å². The normalized spacial score (nSPS) is 13.8. The van der Waals surface area contributed by atoms with Crippen LogP contribution in [0.15, 0.2) is 29.4 Å². The van der Waals surface area contributed by atoms with Gasteiger partial charge in [0.15, 0.2) is 17.5 Å². The standard InChI is InChI=1S/C16H21N5O2.HI/c1-11-12(10-19-21(11)2)9-18-16(17)20-13-4-5-14-15(8-13)23-7-3-6-22-14;/h4-5,8,10H,3,6-7,9H2,1-2H3,(H3,17,18,20);1H. The zero-order valence-corrected chi connectivity index (χ0v) is 16.1. The molecule has 0 amide bonds. The molecule has 24 heavy (non-hydrogen) atoms. The minimum absolute atomic E-state index is 0. The SMILES string of the molecule is Cc1c(CN=C(N)Nc2ccc3c(c2)OCCCO3)cnn1C.I. The second kappa shape index (κ2) is 8.22. The molecule has 0 fully saturated rings. The van der Waals surface area contributed by atoms with Crippen molar-refractivity contribution in [3.05, 3.63) is 35.7 Å². The number of nitrogens with two attached hydrogens (primary N) is 1. The molecule has 130 valence electrons. The fourth-order valence-corrected chi connectivity index (χ4v) is 2.30. The van der Waals surface area contributed by atoms with E-state index in [9.17, 15) is 0 Å². The Bertz CT molecular complexity index is 729. The molecule has 2 aromatic rings. The van der Waals surface area contributed by atoms with Crippen molar-refractivity contribution >= 4 is 35.6 Å². The van der Waals surface area contributed by atoms with E-state index in [1.165, 1.54) is 0 Å². The zero-order valence-electron chi connectivity index (χ0n) is 13.8. The van der Waals surface area contributed by atoms with Crippen LogP contribution in [0.1, 0.15) is 17.7 Å². The van der Waals surface area contributed by atoms with Crippen molar-refractivity contribution in [1.29, 1.82) is 0 Å². The second-order valence-corrected chi connectivity index (χ2v) is 5.42. The summed E-state index contributed by atoms with van der Waals surface area (Å²) in [4.78, 5) is 4.35. The monoisotopic (exact) mass is 443 g/mol. The minimum atomic E-state index is 0. The molecule has 0 saturated carbocycles. The summed E-state index contributed by atoms with van der Waals surface area (Å²) < 4.78 is 13.1. The molecular weight excluding hydrogens is 421 g/mol. The molecule has 1 aliphatic heterocycles. The van der Waals surface area contributed by atoms with Crippen molar-refractivity contribution in [3.8, 4) is 11.5 Å². The lowest BCUT2D eigenvalue weighted by Crippen LogP contribution is -2.22. The molecule has 0 aliphatic carbocycles. The number of halogens is 1. The molecule has 0 saturated heterocycles. The number of anilines is 1. The van der Waals surface area contributed by atoms with E-state index in [-0.39, 0.29) is 24.0 Å². The van der Waals surface area contributed by atoms with Crippen LogP contribution in [0, 0.1) is 6.92 Å². The minimum Gasteiger partial charge on any atom is -0.490 e. The smallest absolute Gasteiger partial charge is 0.193 e. The highest BCUT2D eigenvalue weighted by molar-refractivity contribution is 14.0. The first-order chi connectivity index (χ1) is 11.1. The van der Waals surface area contributed by atoms with Crippen molar-refractivity contribution in [2.75, 3.05) is 18.5 Å². The molecule has 0 unspecified atom stereocenters. The van der Waals surface area contributed by atoms with Crippen molar-refractivity contribution in [3.63, 3.8) is 0 Å². The summed E-state index contributed by atoms with van der Waals surface area (Å²) in [6.45, 7) is 3.82. The number of hydrogen-bond donors (Lipinski definition) is 2. The lowest BCUT2D eigenvalue weighted by Gasteiger charge is -2.10. The van der Waals surface area contributed by atoms with Gasteiger partial charge in [-0.05, 0) is 19.1 Å². The van der Waals surface area contributed by atoms with Gasteiger partial charge in [0.1, 0.15) is 0 Å². The van der Waals surface area contributed by atoms with Crippen LogP contribution in [-0.2, 0) is 13.6 Å². The Morgan fingerprint density at radius 2 is 2.08 bits per heavy atom. The van der Waals surface area contributed by atoms with Crippen LogP contribution in [0.4, 0.5) is 5.69 Å². The van der Waals surface area contributed by atoms with Gasteiger partial charge in [-0.3, -0.25) is 4.68 Å². The van der Waals surface area contributed by atoms with Gasteiger partial charge < -0.3 is 20.5 Å². The summed E-state index contributed by atoms with van der Waals surface area (Å²) >= 11 is 0. The van der Waals surface area contributed by atoms with Crippen LogP contribution in [0.3, 0.4) is 0 Å². The molecular formula is C16H22IN5O2. The van der Waals surface area contributed by atoms with E-state index in [4.69, 9.17) is 15.2 Å². The number of benzene rings is 1. The lowest BCUT2D eigenvalue weighted by molar-refractivity contribution is 0.297. The number of aliphatic imine (C=N–C) groups is 1. The summed E-state index contributed by atoms with van der Waals surface area (Å²) in [5.41, 5.74) is 8.91. The van der Waals surface area contributed by atoms with Crippen molar-refractivity contribution in [2.24, 2.45) is 17.8 Å². The van der Waals surface area contributed by atoms with Gasteiger partial charge in [-0.2, -0.15) is 5.10 Å². The third kappa shape index (κ3) is 4.31. The third-order valence-electron chi connectivity index (χ3n) is 3.78. The molecule has 8 heteroatoms. The molecule has 2 heterocycles. The molecule has 0 radical (unpaired) electrons. The van der Waals surface area contributed by atoms with Crippen LogP contribution < -0.4 is 20.5 Å². The molecule has 1 aliphatic rings. The fraction of sp³-hybridized carbons (Fsp3) is 0.375. The number of rotatable bonds is 3. The van der Waals surface area contributed by atoms with E-state index in [1.807, 2.05) is 36.9 Å². The number of nitrogens with one attached hydrogen (secondary N) is 1. The van der Waals surface area contributed by atoms with Gasteiger partial charge in [0, 0.05) is 36.5 Å². The summed E-state index contributed by atoms with van der Waals surface area (Å²) in [5.74, 6) is 1.83. The second-order valence-electron chi connectivity index (χ2n) is 5.42. The molecule has 1 aromatic heterocycles. The van der Waals surface area contributed by atoms with Crippen LogP contribution in [0.5, 0.6) is 11.5 Å². The fourth-order valence-electron chi connectivity index (χ4n) is 2.30. The van der Waals surface area contributed by atoms with Crippen molar-refractivity contribution < 1.29 is 9.47 Å². The highest BCUT2D eigenvalue weighted by Gasteiger charge is 2.11. The Balaban J connectivity index is 0.00000208. The Morgan fingerprint density at radius 3 is 2.79 bits per heavy atom. The molecule has 0 bridgehead atoms. The topological polar surface area (TPSA) is 86.7 Å². The van der Waals surface area contributed by atoms with Crippen LogP contribution in [0.25, 0.3) is 0 Å². The van der Waals surface area contributed by atoms with Crippen molar-refractivity contribution in [1.82, 2.24) is 9.78 Å². The predicted molar refractivity (Wildman–Crippen MR) is 104 cm³/mol.